The van der Waals surface area contributed by atoms with Gasteiger partial charge in [-0.1, -0.05) is 13.0 Å². The molecule has 2 heterocycles. The highest BCUT2D eigenvalue weighted by Gasteiger charge is 2.23. The van der Waals surface area contributed by atoms with E-state index >= 15 is 0 Å². The van der Waals surface area contributed by atoms with Crippen molar-refractivity contribution in [1.29, 1.82) is 0 Å². The van der Waals surface area contributed by atoms with Crippen molar-refractivity contribution in [3.8, 4) is 11.5 Å². The monoisotopic (exact) mass is 383 g/mol. The van der Waals surface area contributed by atoms with Crippen LogP contribution in [0.3, 0.4) is 0 Å². The predicted molar refractivity (Wildman–Crippen MR) is 109 cm³/mol. The average Bonchev–Trinajstić information content (AvgIpc) is 3.19. The highest BCUT2D eigenvalue weighted by atomic mass is 16.5. The Morgan fingerprint density at radius 3 is 2.89 bits per heavy atom. The van der Waals surface area contributed by atoms with E-state index in [4.69, 9.17) is 14.7 Å². The van der Waals surface area contributed by atoms with Crippen molar-refractivity contribution in [1.82, 2.24) is 20.3 Å². The Morgan fingerprint density at radius 1 is 1.32 bits per heavy atom. The van der Waals surface area contributed by atoms with Crippen molar-refractivity contribution in [2.75, 3.05) is 32.2 Å². The molecule has 28 heavy (non-hydrogen) atoms. The van der Waals surface area contributed by atoms with Crippen molar-refractivity contribution in [2.45, 2.75) is 45.1 Å². The van der Waals surface area contributed by atoms with E-state index in [-0.39, 0.29) is 18.5 Å². The maximum absolute atomic E-state index is 12.6. The van der Waals surface area contributed by atoms with Gasteiger partial charge in [0.2, 0.25) is 5.91 Å². The number of hydrogen-bond donors (Lipinski definition) is 1. The van der Waals surface area contributed by atoms with Crippen LogP contribution in [-0.2, 0) is 22.4 Å². The first-order chi connectivity index (χ1) is 13.6. The van der Waals surface area contributed by atoms with Crippen molar-refractivity contribution < 1.29 is 9.53 Å². The van der Waals surface area contributed by atoms with Gasteiger partial charge >= 0.3 is 0 Å². The Hall–Kier alpha value is -2.54. The minimum atomic E-state index is -0.00445. The maximum atomic E-state index is 12.6. The van der Waals surface area contributed by atoms with Gasteiger partial charge in [-0.15, -0.1) is 0 Å². The van der Waals surface area contributed by atoms with Gasteiger partial charge in [-0.25, -0.2) is 9.97 Å². The number of carbonyl (C=O) groups excluding carboxylic acids is 1. The van der Waals surface area contributed by atoms with Crippen LogP contribution in [-0.4, -0.2) is 54.2 Å². The number of amides is 1. The minimum absolute atomic E-state index is 0.00445. The van der Waals surface area contributed by atoms with Gasteiger partial charge in [-0.3, -0.25) is 9.78 Å². The number of anilines is 1. The molecule has 0 radical (unpaired) electrons. The molecule has 0 aliphatic heterocycles. The fourth-order valence-corrected chi connectivity index (χ4v) is 3.54. The molecular weight excluding hydrogens is 354 g/mol. The molecule has 0 aromatic carbocycles. The van der Waals surface area contributed by atoms with Crippen LogP contribution in [0, 0.1) is 0 Å². The number of carbonyl (C=O) groups is 1. The maximum Gasteiger partial charge on any atom is 0.239 e. The lowest BCUT2D eigenvalue weighted by Crippen LogP contribution is -2.41. The number of rotatable bonds is 9. The Balaban J connectivity index is 1.76. The van der Waals surface area contributed by atoms with Crippen LogP contribution in [0.5, 0.6) is 0 Å². The third-order valence-electron chi connectivity index (χ3n) is 5.08. The van der Waals surface area contributed by atoms with Crippen LogP contribution in [0.15, 0.2) is 24.4 Å². The number of fused-ring (bicyclic) bond motifs is 1. The molecule has 1 unspecified atom stereocenters. The highest BCUT2D eigenvalue weighted by Crippen LogP contribution is 2.30. The van der Waals surface area contributed by atoms with Crippen molar-refractivity contribution in [3.05, 3.63) is 35.7 Å². The summed E-state index contributed by atoms with van der Waals surface area (Å²) in [6.07, 6.45) is 6.40. The SMILES string of the molecule is CCC(CCOC)NC(=O)CN(C)c1nc(-c2ccccn2)nc2c1CCC2. The van der Waals surface area contributed by atoms with Crippen molar-refractivity contribution in [2.24, 2.45) is 0 Å². The van der Waals surface area contributed by atoms with Gasteiger partial charge in [0.1, 0.15) is 11.5 Å². The molecule has 1 amide bonds. The summed E-state index contributed by atoms with van der Waals surface area (Å²) in [4.78, 5) is 28.4. The number of aromatic nitrogens is 3. The van der Waals surface area contributed by atoms with E-state index in [0.29, 0.717) is 12.4 Å². The fraction of sp³-hybridized carbons (Fsp3) is 0.524. The first-order valence-electron chi connectivity index (χ1n) is 9.93. The summed E-state index contributed by atoms with van der Waals surface area (Å²) in [6, 6.07) is 5.85. The third kappa shape index (κ3) is 4.84. The van der Waals surface area contributed by atoms with Crippen LogP contribution >= 0.6 is 0 Å². The molecule has 0 fully saturated rings. The number of nitrogens with zero attached hydrogens (tertiary/aromatic N) is 4. The van der Waals surface area contributed by atoms with E-state index in [1.165, 1.54) is 0 Å². The van der Waals surface area contributed by atoms with Gasteiger partial charge in [0.05, 0.1) is 6.54 Å². The van der Waals surface area contributed by atoms with E-state index in [9.17, 15) is 4.79 Å². The Morgan fingerprint density at radius 2 is 2.18 bits per heavy atom. The Kier molecular flexibility index (Phi) is 6.92. The second-order valence-corrected chi connectivity index (χ2v) is 7.17. The van der Waals surface area contributed by atoms with E-state index < -0.39 is 0 Å². The molecule has 1 aliphatic carbocycles. The number of methoxy groups -OCH3 is 1. The molecule has 0 saturated carbocycles. The summed E-state index contributed by atoms with van der Waals surface area (Å²) in [5, 5.41) is 3.10. The normalized spacial score (nSPS) is 13.8. The van der Waals surface area contributed by atoms with Crippen LogP contribution in [0.2, 0.25) is 0 Å². The van der Waals surface area contributed by atoms with Gasteiger partial charge in [-0.05, 0) is 44.2 Å². The standard InChI is InChI=1S/C21H29N5O2/c1-4-15(11-13-28-3)23-19(27)14-26(2)21-16-8-7-10-17(16)24-20(25-21)18-9-5-6-12-22-18/h5-6,9,12,15H,4,7-8,10-11,13-14H2,1-3H3,(H,23,27). The highest BCUT2D eigenvalue weighted by molar-refractivity contribution is 5.81. The Labute approximate surface area is 166 Å². The van der Waals surface area contributed by atoms with Crippen molar-refractivity contribution >= 4 is 11.7 Å². The lowest BCUT2D eigenvalue weighted by molar-refractivity contribution is -0.120. The summed E-state index contributed by atoms with van der Waals surface area (Å²) >= 11 is 0. The topological polar surface area (TPSA) is 80.2 Å². The molecule has 150 valence electrons. The zero-order valence-corrected chi connectivity index (χ0v) is 16.9. The van der Waals surface area contributed by atoms with Crippen LogP contribution in [0.25, 0.3) is 11.5 Å². The molecule has 0 spiro atoms. The summed E-state index contributed by atoms with van der Waals surface area (Å²) in [5.74, 6) is 1.45. The smallest absolute Gasteiger partial charge is 0.239 e. The van der Waals surface area contributed by atoms with E-state index in [1.807, 2.05) is 30.1 Å². The summed E-state index contributed by atoms with van der Waals surface area (Å²) in [6.45, 7) is 2.97. The summed E-state index contributed by atoms with van der Waals surface area (Å²) < 4.78 is 5.13. The van der Waals surface area contributed by atoms with E-state index in [2.05, 4.69) is 17.2 Å². The lowest BCUT2D eigenvalue weighted by atomic mass is 10.1. The molecule has 1 atom stereocenters. The minimum Gasteiger partial charge on any atom is -0.385 e. The van der Waals surface area contributed by atoms with Gasteiger partial charge in [0, 0.05) is 44.3 Å². The van der Waals surface area contributed by atoms with Gasteiger partial charge in [-0.2, -0.15) is 0 Å². The Bertz CT molecular complexity index is 797. The number of likely N-dealkylation sites (N-methyl/N-ethyl adjacent to an activating group) is 1. The first kappa shape index (κ1) is 20.2. The molecular formula is C21H29N5O2. The molecule has 7 nitrogen and oxygen atoms in total. The molecule has 3 rings (SSSR count). The summed E-state index contributed by atoms with van der Waals surface area (Å²) in [5.41, 5.74) is 2.98. The lowest BCUT2D eigenvalue weighted by Gasteiger charge is -2.23. The number of nitrogens with one attached hydrogen (secondary N) is 1. The zero-order valence-electron chi connectivity index (χ0n) is 16.9. The predicted octanol–water partition coefficient (Wildman–Crippen LogP) is 2.39. The van der Waals surface area contributed by atoms with Crippen molar-refractivity contribution in [3.63, 3.8) is 0 Å². The molecule has 1 aliphatic rings. The van der Waals surface area contributed by atoms with Gasteiger partial charge < -0.3 is 15.0 Å². The number of aryl methyl sites for hydroxylation is 1. The zero-order chi connectivity index (χ0) is 19.9. The largest absolute Gasteiger partial charge is 0.385 e. The molecule has 2 aromatic heterocycles. The third-order valence-corrected chi connectivity index (χ3v) is 5.08. The number of pyridine rings is 1. The van der Waals surface area contributed by atoms with Gasteiger partial charge in [0.15, 0.2) is 5.82 Å². The first-order valence-corrected chi connectivity index (χ1v) is 9.93. The molecule has 0 bridgehead atoms. The number of hydrogen-bond acceptors (Lipinski definition) is 6. The second kappa shape index (κ2) is 9.59. The molecule has 1 N–H and O–H groups in total. The molecule has 7 heteroatoms. The second-order valence-electron chi connectivity index (χ2n) is 7.17. The quantitative estimate of drug-likeness (QED) is 0.716. The fourth-order valence-electron chi connectivity index (χ4n) is 3.54. The molecule has 0 saturated heterocycles. The van der Waals surface area contributed by atoms with Crippen LogP contribution in [0.1, 0.15) is 37.4 Å². The average molecular weight is 383 g/mol. The molecule has 2 aromatic rings. The van der Waals surface area contributed by atoms with Crippen LogP contribution in [0.4, 0.5) is 5.82 Å². The summed E-state index contributed by atoms with van der Waals surface area (Å²) in [7, 11) is 3.59. The van der Waals surface area contributed by atoms with E-state index in [1.54, 1.807) is 13.3 Å². The van der Waals surface area contributed by atoms with Gasteiger partial charge in [0.25, 0.3) is 0 Å². The number of ether oxygens (including phenoxy) is 1. The van der Waals surface area contributed by atoms with Crippen LogP contribution < -0.4 is 10.2 Å². The van der Waals surface area contributed by atoms with E-state index in [0.717, 1.165) is 54.9 Å².